The smallest absolute Gasteiger partial charge is 0.207 e. The van der Waals surface area contributed by atoms with Gasteiger partial charge in [-0.15, -0.1) is 0 Å². The molecule has 1 N–H and O–H groups in total. The van der Waals surface area contributed by atoms with Gasteiger partial charge < -0.3 is 9.88 Å². The van der Waals surface area contributed by atoms with Gasteiger partial charge in [0, 0.05) is 35.7 Å². The highest BCUT2D eigenvalue weighted by Crippen LogP contribution is 2.32. The molecular formula is C17H18N4. The number of benzene rings is 1. The average molecular weight is 278 g/mol. The quantitative estimate of drug-likeness (QED) is 0.777. The van der Waals surface area contributed by atoms with Crippen molar-refractivity contribution in [1.82, 2.24) is 14.5 Å². The molecule has 2 aromatic heterocycles. The lowest BCUT2D eigenvalue weighted by Crippen LogP contribution is -2.07. The van der Waals surface area contributed by atoms with E-state index in [-0.39, 0.29) is 0 Å². The number of hydrogen-bond acceptors (Lipinski definition) is 3. The molecule has 0 amide bonds. The molecule has 0 saturated heterocycles. The molecule has 3 aromatic rings. The van der Waals surface area contributed by atoms with Gasteiger partial charge in [0.25, 0.3) is 0 Å². The second-order valence-corrected chi connectivity index (χ2v) is 5.63. The SMILES string of the molecule is c1cnc2ccc(Nc3nccn3C3CCCC3)cc2c1. The maximum absolute atomic E-state index is 4.47. The molecule has 4 nitrogen and oxygen atoms in total. The summed E-state index contributed by atoms with van der Waals surface area (Å²) in [6, 6.07) is 10.9. The maximum atomic E-state index is 4.47. The Morgan fingerprint density at radius 2 is 1.95 bits per heavy atom. The summed E-state index contributed by atoms with van der Waals surface area (Å²) in [6.07, 6.45) is 10.9. The van der Waals surface area contributed by atoms with Crippen LogP contribution in [0, 0.1) is 0 Å². The zero-order valence-electron chi connectivity index (χ0n) is 11.9. The Balaban J connectivity index is 1.64. The first-order valence-electron chi connectivity index (χ1n) is 7.55. The third-order valence-electron chi connectivity index (χ3n) is 4.25. The van der Waals surface area contributed by atoms with E-state index < -0.39 is 0 Å². The number of rotatable bonds is 3. The first kappa shape index (κ1) is 12.4. The standard InChI is InChI=1S/C17H18N4/c1-2-6-15(5-1)21-11-10-19-17(21)20-14-7-8-16-13(12-14)4-3-9-18-16/h3-4,7-12,15H,1-2,5-6H2,(H,19,20). The van der Waals surface area contributed by atoms with Crippen LogP contribution in [-0.2, 0) is 0 Å². The van der Waals surface area contributed by atoms with Crippen LogP contribution < -0.4 is 5.32 Å². The van der Waals surface area contributed by atoms with Crippen LogP contribution in [0.15, 0.2) is 48.9 Å². The maximum Gasteiger partial charge on any atom is 0.207 e. The number of nitrogens with one attached hydrogen (secondary N) is 1. The Kier molecular flexibility index (Phi) is 3.07. The Bertz CT molecular complexity index is 756. The van der Waals surface area contributed by atoms with E-state index in [1.807, 2.05) is 24.5 Å². The van der Waals surface area contributed by atoms with Crippen molar-refractivity contribution in [2.45, 2.75) is 31.7 Å². The van der Waals surface area contributed by atoms with Gasteiger partial charge in [-0.05, 0) is 37.1 Å². The fourth-order valence-corrected chi connectivity index (χ4v) is 3.17. The number of nitrogens with zero attached hydrogens (tertiary/aromatic N) is 3. The van der Waals surface area contributed by atoms with Gasteiger partial charge in [0.1, 0.15) is 0 Å². The van der Waals surface area contributed by atoms with Crippen molar-refractivity contribution in [2.24, 2.45) is 0 Å². The molecule has 1 aliphatic carbocycles. The molecule has 2 heterocycles. The topological polar surface area (TPSA) is 42.7 Å². The molecule has 106 valence electrons. The van der Waals surface area contributed by atoms with Crippen LogP contribution in [-0.4, -0.2) is 14.5 Å². The number of pyridine rings is 1. The molecule has 4 rings (SSSR count). The number of aromatic nitrogens is 3. The zero-order chi connectivity index (χ0) is 14.1. The fraction of sp³-hybridized carbons (Fsp3) is 0.294. The molecule has 0 bridgehead atoms. The van der Waals surface area contributed by atoms with E-state index in [2.05, 4.69) is 44.2 Å². The second-order valence-electron chi connectivity index (χ2n) is 5.63. The van der Waals surface area contributed by atoms with Crippen molar-refractivity contribution in [1.29, 1.82) is 0 Å². The van der Waals surface area contributed by atoms with Crippen molar-refractivity contribution >= 4 is 22.5 Å². The van der Waals surface area contributed by atoms with Gasteiger partial charge in [-0.2, -0.15) is 0 Å². The van der Waals surface area contributed by atoms with E-state index in [1.165, 1.54) is 25.7 Å². The zero-order valence-corrected chi connectivity index (χ0v) is 11.9. The van der Waals surface area contributed by atoms with Crippen LogP contribution in [0.5, 0.6) is 0 Å². The highest BCUT2D eigenvalue weighted by Gasteiger charge is 2.19. The van der Waals surface area contributed by atoms with E-state index in [1.54, 1.807) is 0 Å². The van der Waals surface area contributed by atoms with Crippen LogP contribution in [0.2, 0.25) is 0 Å². The van der Waals surface area contributed by atoms with Crippen LogP contribution in [0.4, 0.5) is 11.6 Å². The Hall–Kier alpha value is -2.36. The van der Waals surface area contributed by atoms with Crippen LogP contribution in [0.1, 0.15) is 31.7 Å². The Morgan fingerprint density at radius 1 is 1.05 bits per heavy atom. The molecule has 1 saturated carbocycles. The lowest BCUT2D eigenvalue weighted by molar-refractivity contribution is 0.525. The highest BCUT2D eigenvalue weighted by atomic mass is 15.2. The van der Waals surface area contributed by atoms with Crippen molar-refractivity contribution in [2.75, 3.05) is 5.32 Å². The van der Waals surface area contributed by atoms with Crippen molar-refractivity contribution in [3.8, 4) is 0 Å². The predicted octanol–water partition coefficient (Wildman–Crippen LogP) is 4.29. The van der Waals surface area contributed by atoms with Crippen LogP contribution in [0.3, 0.4) is 0 Å². The van der Waals surface area contributed by atoms with E-state index in [0.29, 0.717) is 6.04 Å². The number of imidazole rings is 1. The minimum absolute atomic E-state index is 0.595. The van der Waals surface area contributed by atoms with Crippen LogP contribution >= 0.6 is 0 Å². The summed E-state index contributed by atoms with van der Waals surface area (Å²) in [6.45, 7) is 0. The summed E-state index contributed by atoms with van der Waals surface area (Å²) < 4.78 is 2.28. The largest absolute Gasteiger partial charge is 0.326 e. The fourth-order valence-electron chi connectivity index (χ4n) is 3.17. The first-order chi connectivity index (χ1) is 10.4. The minimum atomic E-state index is 0.595. The van der Waals surface area contributed by atoms with Gasteiger partial charge >= 0.3 is 0 Å². The molecule has 0 atom stereocenters. The second kappa shape index (κ2) is 5.20. The Morgan fingerprint density at radius 3 is 2.86 bits per heavy atom. The molecule has 1 aliphatic rings. The molecule has 1 fully saturated rings. The molecule has 0 radical (unpaired) electrons. The first-order valence-corrected chi connectivity index (χ1v) is 7.55. The Labute approximate surface area is 123 Å². The molecular weight excluding hydrogens is 260 g/mol. The van der Waals surface area contributed by atoms with E-state index >= 15 is 0 Å². The summed E-state index contributed by atoms with van der Waals surface area (Å²) in [7, 11) is 0. The number of fused-ring (bicyclic) bond motifs is 1. The van der Waals surface area contributed by atoms with Gasteiger partial charge in [-0.3, -0.25) is 4.98 Å². The minimum Gasteiger partial charge on any atom is -0.326 e. The molecule has 0 spiro atoms. The third-order valence-corrected chi connectivity index (χ3v) is 4.25. The molecule has 21 heavy (non-hydrogen) atoms. The van der Waals surface area contributed by atoms with Crippen LogP contribution in [0.25, 0.3) is 10.9 Å². The molecule has 0 unspecified atom stereocenters. The van der Waals surface area contributed by atoms with Crippen molar-refractivity contribution < 1.29 is 0 Å². The predicted molar refractivity (Wildman–Crippen MR) is 84.8 cm³/mol. The summed E-state index contributed by atoms with van der Waals surface area (Å²) in [4.78, 5) is 8.82. The molecule has 0 aliphatic heterocycles. The van der Waals surface area contributed by atoms with Gasteiger partial charge in [0.2, 0.25) is 5.95 Å². The lowest BCUT2D eigenvalue weighted by atomic mass is 10.2. The summed E-state index contributed by atoms with van der Waals surface area (Å²) in [5.74, 6) is 0.935. The van der Waals surface area contributed by atoms with Gasteiger partial charge in [0.05, 0.1) is 5.52 Å². The molecule has 4 heteroatoms. The normalized spacial score (nSPS) is 15.6. The third kappa shape index (κ3) is 2.37. The van der Waals surface area contributed by atoms with E-state index in [4.69, 9.17) is 0 Å². The lowest BCUT2D eigenvalue weighted by Gasteiger charge is -2.15. The van der Waals surface area contributed by atoms with Gasteiger partial charge in [0.15, 0.2) is 0 Å². The van der Waals surface area contributed by atoms with Crippen molar-refractivity contribution in [3.05, 3.63) is 48.9 Å². The number of anilines is 2. The average Bonchev–Trinajstić information content (AvgIpc) is 3.18. The summed E-state index contributed by atoms with van der Waals surface area (Å²) in [5.41, 5.74) is 2.07. The monoisotopic (exact) mass is 278 g/mol. The van der Waals surface area contributed by atoms with E-state index in [0.717, 1.165) is 22.5 Å². The van der Waals surface area contributed by atoms with Gasteiger partial charge in [-0.1, -0.05) is 18.9 Å². The van der Waals surface area contributed by atoms with Gasteiger partial charge in [-0.25, -0.2) is 4.98 Å². The van der Waals surface area contributed by atoms with Crippen molar-refractivity contribution in [3.63, 3.8) is 0 Å². The summed E-state index contributed by atoms with van der Waals surface area (Å²) in [5, 5.41) is 4.59. The summed E-state index contributed by atoms with van der Waals surface area (Å²) >= 11 is 0. The number of hydrogen-bond donors (Lipinski definition) is 1. The molecule has 1 aromatic carbocycles. The van der Waals surface area contributed by atoms with E-state index in [9.17, 15) is 0 Å². The highest BCUT2D eigenvalue weighted by molar-refractivity contribution is 5.82.